The number of oxime groups is 2. The van der Waals surface area contributed by atoms with Crippen molar-refractivity contribution in [2.75, 3.05) is 0 Å². The third-order valence-electron chi connectivity index (χ3n) is 2.52. The van der Waals surface area contributed by atoms with Crippen molar-refractivity contribution in [3.63, 3.8) is 0 Å². The fraction of sp³-hybridized carbons (Fsp3) is 0. The summed E-state index contributed by atoms with van der Waals surface area (Å²) >= 11 is 0. The van der Waals surface area contributed by atoms with E-state index in [0.717, 1.165) is 0 Å². The predicted octanol–water partition coefficient (Wildman–Crippen LogP) is 2.74. The summed E-state index contributed by atoms with van der Waals surface area (Å²) in [6.45, 7) is 0. The Balaban J connectivity index is 0.00000180. The summed E-state index contributed by atoms with van der Waals surface area (Å²) in [6.07, 6.45) is 0. The van der Waals surface area contributed by atoms with Crippen LogP contribution in [0.1, 0.15) is 11.1 Å². The first-order valence-electron chi connectivity index (χ1n) is 5.42. The van der Waals surface area contributed by atoms with Crippen molar-refractivity contribution in [2.45, 2.75) is 0 Å². The smallest absolute Gasteiger partial charge is 0.139 e. The van der Waals surface area contributed by atoms with Gasteiger partial charge in [0.2, 0.25) is 0 Å². The van der Waals surface area contributed by atoms with Crippen LogP contribution in [0.2, 0.25) is 0 Å². The molecule has 4 nitrogen and oxygen atoms in total. The quantitative estimate of drug-likeness (QED) is 0.443. The van der Waals surface area contributed by atoms with Crippen LogP contribution in [0.4, 0.5) is 0 Å². The summed E-state index contributed by atoms with van der Waals surface area (Å²) in [6, 6.07) is 18.1. The number of nitrogens with zero attached hydrogens (tertiary/aromatic N) is 2. The first-order chi connectivity index (χ1) is 8.86. The van der Waals surface area contributed by atoms with Gasteiger partial charge in [0, 0.05) is 32.2 Å². The molecule has 0 aliphatic carbocycles. The van der Waals surface area contributed by atoms with Gasteiger partial charge in [0.25, 0.3) is 0 Å². The Kier molecular flexibility index (Phi) is 5.96. The van der Waals surface area contributed by atoms with Crippen LogP contribution in [0.25, 0.3) is 0 Å². The molecule has 100 valence electrons. The topological polar surface area (TPSA) is 65.2 Å². The predicted molar refractivity (Wildman–Crippen MR) is 69.5 cm³/mol. The fourth-order valence-electron chi connectivity index (χ4n) is 1.68. The van der Waals surface area contributed by atoms with Crippen molar-refractivity contribution < 1.29 is 31.5 Å². The van der Waals surface area contributed by atoms with E-state index in [1.54, 1.807) is 24.3 Å². The van der Waals surface area contributed by atoms with Crippen molar-refractivity contribution >= 4 is 11.4 Å². The summed E-state index contributed by atoms with van der Waals surface area (Å²) in [7, 11) is 0. The summed E-state index contributed by atoms with van der Waals surface area (Å²) in [5.41, 5.74) is 1.81. The maximum atomic E-state index is 9.14. The number of rotatable bonds is 3. The van der Waals surface area contributed by atoms with Gasteiger partial charge in [-0.25, -0.2) is 0 Å². The van der Waals surface area contributed by atoms with Gasteiger partial charge in [-0.3, -0.25) is 0 Å². The summed E-state index contributed by atoms with van der Waals surface area (Å²) in [5.74, 6) is 0. The van der Waals surface area contributed by atoms with E-state index in [-0.39, 0.29) is 32.5 Å². The minimum absolute atomic E-state index is 0. The maximum Gasteiger partial charge on any atom is 0.139 e. The second-order valence-electron chi connectivity index (χ2n) is 3.63. The third kappa shape index (κ3) is 3.52. The maximum absolute atomic E-state index is 9.14. The van der Waals surface area contributed by atoms with Crippen molar-refractivity contribution in [2.24, 2.45) is 10.3 Å². The molecule has 0 bridgehead atoms. The van der Waals surface area contributed by atoms with Crippen LogP contribution in [0.5, 0.6) is 0 Å². The van der Waals surface area contributed by atoms with E-state index < -0.39 is 0 Å². The molecule has 0 spiro atoms. The zero-order valence-corrected chi connectivity index (χ0v) is 12.2. The molecule has 0 fully saturated rings. The van der Waals surface area contributed by atoms with E-state index in [9.17, 15) is 0 Å². The number of hydrogen-bond donors (Lipinski definition) is 2. The van der Waals surface area contributed by atoms with Gasteiger partial charge < -0.3 is 10.4 Å². The molecule has 0 aliphatic rings. The van der Waals surface area contributed by atoms with Crippen LogP contribution in [-0.2, 0) is 21.1 Å². The molecule has 2 N–H and O–H groups in total. The summed E-state index contributed by atoms with van der Waals surface area (Å²) < 4.78 is 0. The molecule has 0 aromatic heterocycles. The summed E-state index contributed by atoms with van der Waals surface area (Å²) in [4.78, 5) is 0. The van der Waals surface area contributed by atoms with Crippen molar-refractivity contribution in [3.8, 4) is 0 Å². The van der Waals surface area contributed by atoms with Gasteiger partial charge in [0.15, 0.2) is 0 Å². The minimum Gasteiger partial charge on any atom is -0.410 e. The zero-order chi connectivity index (χ0) is 12.8. The van der Waals surface area contributed by atoms with Crippen LogP contribution in [0.3, 0.4) is 0 Å². The molecule has 0 saturated heterocycles. The third-order valence-corrected chi connectivity index (χ3v) is 2.52. The standard InChI is InChI=1S/C14H12N2O2.Pt/c17-15-13(11-7-3-1-4-8-11)14(16-18)12-9-5-2-6-10-12;/h1-10,17-18H;. The van der Waals surface area contributed by atoms with Crippen LogP contribution in [0, 0.1) is 0 Å². The van der Waals surface area contributed by atoms with E-state index in [4.69, 9.17) is 10.4 Å². The Hall–Kier alpha value is -1.93. The van der Waals surface area contributed by atoms with Gasteiger partial charge in [-0.1, -0.05) is 71.0 Å². The first-order valence-corrected chi connectivity index (χ1v) is 5.42. The molecule has 0 saturated carbocycles. The van der Waals surface area contributed by atoms with Gasteiger partial charge in [-0.2, -0.15) is 0 Å². The van der Waals surface area contributed by atoms with Crippen molar-refractivity contribution in [1.82, 2.24) is 0 Å². The van der Waals surface area contributed by atoms with Gasteiger partial charge in [-0.05, 0) is 0 Å². The SMILES string of the molecule is ON=C(C(=NO)c1ccccc1)c1ccccc1.[Pt]. The monoisotopic (exact) mass is 435 g/mol. The Morgan fingerprint density at radius 3 is 1.21 bits per heavy atom. The van der Waals surface area contributed by atoms with E-state index in [1.807, 2.05) is 36.4 Å². The van der Waals surface area contributed by atoms with Crippen LogP contribution < -0.4 is 0 Å². The molecule has 0 unspecified atom stereocenters. The second-order valence-corrected chi connectivity index (χ2v) is 3.63. The largest absolute Gasteiger partial charge is 0.410 e. The molecule has 0 radical (unpaired) electrons. The Labute approximate surface area is 125 Å². The van der Waals surface area contributed by atoms with Gasteiger partial charge in [0.1, 0.15) is 11.4 Å². The molecule has 19 heavy (non-hydrogen) atoms. The van der Waals surface area contributed by atoms with E-state index in [2.05, 4.69) is 10.3 Å². The molecule has 5 heteroatoms. The number of hydrogen-bond acceptors (Lipinski definition) is 4. The minimum atomic E-state index is 0. The molecule has 0 atom stereocenters. The van der Waals surface area contributed by atoms with Crippen LogP contribution in [0.15, 0.2) is 71.0 Å². The zero-order valence-electron chi connectivity index (χ0n) is 9.88. The first kappa shape index (κ1) is 15.1. The van der Waals surface area contributed by atoms with Crippen molar-refractivity contribution in [1.29, 1.82) is 0 Å². The average Bonchev–Trinajstić information content (AvgIpc) is 2.46. The van der Waals surface area contributed by atoms with Crippen LogP contribution in [-0.4, -0.2) is 21.8 Å². The molecule has 0 aliphatic heterocycles. The molecule has 2 aromatic rings. The molecule has 0 heterocycles. The van der Waals surface area contributed by atoms with E-state index in [1.165, 1.54) is 0 Å². The molecular weight excluding hydrogens is 423 g/mol. The van der Waals surface area contributed by atoms with Crippen molar-refractivity contribution in [3.05, 3.63) is 71.8 Å². The van der Waals surface area contributed by atoms with E-state index in [0.29, 0.717) is 11.1 Å². The summed E-state index contributed by atoms with van der Waals surface area (Å²) in [5, 5.41) is 24.7. The molecular formula is C14H12N2O2Pt. The fourth-order valence-corrected chi connectivity index (χ4v) is 1.68. The Morgan fingerprint density at radius 1 is 0.632 bits per heavy atom. The Morgan fingerprint density at radius 2 is 0.947 bits per heavy atom. The average molecular weight is 435 g/mol. The molecule has 0 amide bonds. The van der Waals surface area contributed by atoms with Gasteiger partial charge in [-0.15, -0.1) is 0 Å². The van der Waals surface area contributed by atoms with Gasteiger partial charge in [0.05, 0.1) is 0 Å². The molecule has 2 rings (SSSR count). The van der Waals surface area contributed by atoms with Crippen LogP contribution >= 0.6 is 0 Å². The second kappa shape index (κ2) is 7.49. The van der Waals surface area contributed by atoms with E-state index >= 15 is 0 Å². The normalized spacial score (nSPS) is 11.8. The number of benzene rings is 2. The van der Waals surface area contributed by atoms with Gasteiger partial charge >= 0.3 is 0 Å². The molecule has 2 aromatic carbocycles. The Bertz CT molecular complexity index is 515.